The predicted octanol–water partition coefficient (Wildman–Crippen LogP) is 1.74. The summed E-state index contributed by atoms with van der Waals surface area (Å²) in [6.45, 7) is 1.34. The Labute approximate surface area is 112 Å². The van der Waals surface area contributed by atoms with E-state index < -0.39 is 11.7 Å². The smallest absolute Gasteiger partial charge is 0.250 e. The first-order chi connectivity index (χ1) is 9.06. The number of nitrogens with one attached hydrogen (secondary N) is 1. The minimum absolute atomic E-state index is 0.0515. The van der Waals surface area contributed by atoms with Crippen molar-refractivity contribution in [1.82, 2.24) is 0 Å². The highest BCUT2D eigenvalue weighted by Crippen LogP contribution is 2.22. The third-order valence-electron chi connectivity index (χ3n) is 2.75. The molecular formula is C13H20FN3O2. The van der Waals surface area contributed by atoms with Gasteiger partial charge in [0.1, 0.15) is 5.82 Å². The number of primary amides is 1. The second-order valence-corrected chi connectivity index (χ2v) is 4.26. The molecule has 0 heterocycles. The van der Waals surface area contributed by atoms with Gasteiger partial charge in [0.05, 0.1) is 11.3 Å². The normalized spacial score (nSPS) is 10.4. The van der Waals surface area contributed by atoms with Gasteiger partial charge in [-0.25, -0.2) is 4.39 Å². The van der Waals surface area contributed by atoms with Crippen LogP contribution < -0.4 is 16.8 Å². The summed E-state index contributed by atoms with van der Waals surface area (Å²) in [6, 6.07) is 2.45. The van der Waals surface area contributed by atoms with Crippen LogP contribution in [0.15, 0.2) is 12.1 Å². The summed E-state index contributed by atoms with van der Waals surface area (Å²) in [5.74, 6) is -1.15. The van der Waals surface area contributed by atoms with E-state index in [-0.39, 0.29) is 16.9 Å². The van der Waals surface area contributed by atoms with Crippen LogP contribution in [0, 0.1) is 5.82 Å². The van der Waals surface area contributed by atoms with E-state index in [1.807, 2.05) is 0 Å². The minimum atomic E-state index is -0.666. The largest absolute Gasteiger partial charge is 0.398 e. The molecule has 0 atom stereocenters. The number of benzene rings is 1. The zero-order valence-electron chi connectivity index (χ0n) is 11.0. The maximum atomic E-state index is 13.6. The van der Waals surface area contributed by atoms with Crippen molar-refractivity contribution in [2.75, 3.05) is 31.3 Å². The molecule has 5 N–H and O–H groups in total. The van der Waals surface area contributed by atoms with Gasteiger partial charge in [0.2, 0.25) is 0 Å². The Morgan fingerprint density at radius 1 is 1.37 bits per heavy atom. The van der Waals surface area contributed by atoms with Gasteiger partial charge in [-0.1, -0.05) is 0 Å². The molecule has 1 aromatic rings. The van der Waals surface area contributed by atoms with Crippen molar-refractivity contribution in [3.63, 3.8) is 0 Å². The van der Waals surface area contributed by atoms with Crippen molar-refractivity contribution in [3.8, 4) is 0 Å². The lowest BCUT2D eigenvalue weighted by Gasteiger charge is -2.10. The number of unbranched alkanes of at least 4 members (excludes halogenated alkanes) is 2. The van der Waals surface area contributed by atoms with Crippen LogP contribution >= 0.6 is 0 Å². The summed E-state index contributed by atoms with van der Waals surface area (Å²) < 4.78 is 18.5. The number of nitrogen functional groups attached to an aromatic ring is 1. The molecule has 0 radical (unpaired) electrons. The van der Waals surface area contributed by atoms with Crippen LogP contribution in [0.3, 0.4) is 0 Å². The number of carbonyl (C=O) groups is 1. The zero-order valence-corrected chi connectivity index (χ0v) is 11.0. The molecule has 1 aromatic carbocycles. The first-order valence-electron chi connectivity index (χ1n) is 6.18. The van der Waals surface area contributed by atoms with Crippen molar-refractivity contribution in [1.29, 1.82) is 0 Å². The fourth-order valence-electron chi connectivity index (χ4n) is 1.71. The topological polar surface area (TPSA) is 90.4 Å². The molecule has 0 unspecified atom stereocenters. The standard InChI is InChI=1S/C13H20FN3O2/c1-19-6-4-2-3-5-17-12-7-9(13(16)18)11(15)8-10(12)14/h7-8,17H,2-6,15H2,1H3,(H2,16,18). The Kier molecular flexibility index (Phi) is 6.08. The Morgan fingerprint density at radius 2 is 2.11 bits per heavy atom. The van der Waals surface area contributed by atoms with Gasteiger partial charge in [0.25, 0.3) is 5.91 Å². The van der Waals surface area contributed by atoms with E-state index in [4.69, 9.17) is 16.2 Å². The Morgan fingerprint density at radius 3 is 2.74 bits per heavy atom. The van der Waals surface area contributed by atoms with E-state index >= 15 is 0 Å². The van der Waals surface area contributed by atoms with Crippen LogP contribution in [0.4, 0.5) is 15.8 Å². The second kappa shape index (κ2) is 7.58. The Balaban J connectivity index is 2.53. The maximum absolute atomic E-state index is 13.6. The number of rotatable bonds is 8. The van der Waals surface area contributed by atoms with Crippen molar-refractivity contribution in [2.24, 2.45) is 5.73 Å². The summed E-state index contributed by atoms with van der Waals surface area (Å²) in [5, 5.41) is 2.93. The number of amides is 1. The zero-order chi connectivity index (χ0) is 14.3. The molecule has 0 fully saturated rings. The van der Waals surface area contributed by atoms with Gasteiger partial charge in [-0.3, -0.25) is 4.79 Å². The lowest BCUT2D eigenvalue weighted by atomic mass is 10.1. The maximum Gasteiger partial charge on any atom is 0.250 e. The van der Waals surface area contributed by atoms with E-state index in [1.54, 1.807) is 7.11 Å². The monoisotopic (exact) mass is 269 g/mol. The van der Waals surface area contributed by atoms with Crippen molar-refractivity contribution in [2.45, 2.75) is 19.3 Å². The fourth-order valence-corrected chi connectivity index (χ4v) is 1.71. The van der Waals surface area contributed by atoms with Crippen LogP contribution in [0.2, 0.25) is 0 Å². The predicted molar refractivity (Wildman–Crippen MR) is 73.5 cm³/mol. The Bertz CT molecular complexity index is 438. The summed E-state index contributed by atoms with van der Waals surface area (Å²) in [4.78, 5) is 11.1. The summed E-state index contributed by atoms with van der Waals surface area (Å²) in [7, 11) is 1.66. The molecule has 0 spiro atoms. The number of methoxy groups -OCH3 is 1. The van der Waals surface area contributed by atoms with Gasteiger partial charge >= 0.3 is 0 Å². The fraction of sp³-hybridized carbons (Fsp3) is 0.462. The van der Waals surface area contributed by atoms with Crippen LogP contribution in [0.25, 0.3) is 0 Å². The average Bonchev–Trinajstić information content (AvgIpc) is 2.35. The van der Waals surface area contributed by atoms with E-state index in [0.717, 1.165) is 31.9 Å². The molecule has 19 heavy (non-hydrogen) atoms. The summed E-state index contributed by atoms with van der Waals surface area (Å²) in [5.41, 5.74) is 11.1. The van der Waals surface area contributed by atoms with E-state index in [2.05, 4.69) is 5.32 Å². The van der Waals surface area contributed by atoms with Crippen LogP contribution in [-0.4, -0.2) is 26.2 Å². The first kappa shape index (κ1) is 15.2. The third kappa shape index (κ3) is 4.75. The van der Waals surface area contributed by atoms with Gasteiger partial charge in [-0.05, 0) is 31.4 Å². The first-order valence-corrected chi connectivity index (χ1v) is 6.18. The third-order valence-corrected chi connectivity index (χ3v) is 2.75. The van der Waals surface area contributed by atoms with Gasteiger partial charge in [0.15, 0.2) is 0 Å². The van der Waals surface area contributed by atoms with Crippen molar-refractivity contribution >= 4 is 17.3 Å². The quantitative estimate of drug-likeness (QED) is 0.495. The summed E-state index contributed by atoms with van der Waals surface area (Å²) in [6.07, 6.45) is 2.84. The average molecular weight is 269 g/mol. The number of halogens is 1. The van der Waals surface area contributed by atoms with Crippen LogP contribution in [-0.2, 0) is 4.74 Å². The number of nitrogens with two attached hydrogens (primary N) is 2. The van der Waals surface area contributed by atoms with E-state index in [0.29, 0.717) is 6.54 Å². The summed E-state index contributed by atoms with van der Waals surface area (Å²) >= 11 is 0. The van der Waals surface area contributed by atoms with Crippen LogP contribution in [0.1, 0.15) is 29.6 Å². The van der Waals surface area contributed by atoms with Crippen molar-refractivity contribution < 1.29 is 13.9 Å². The number of hydrogen-bond acceptors (Lipinski definition) is 4. The lowest BCUT2D eigenvalue weighted by molar-refractivity contribution is 0.100. The van der Waals surface area contributed by atoms with E-state index in [9.17, 15) is 9.18 Å². The van der Waals surface area contributed by atoms with Crippen molar-refractivity contribution in [3.05, 3.63) is 23.5 Å². The molecule has 6 heteroatoms. The molecule has 0 aromatic heterocycles. The molecule has 0 aliphatic rings. The molecule has 1 amide bonds. The molecule has 0 bridgehead atoms. The SMILES string of the molecule is COCCCCCNc1cc(C(N)=O)c(N)cc1F. The van der Waals surface area contributed by atoms with Gasteiger partial charge in [0, 0.05) is 25.9 Å². The highest BCUT2D eigenvalue weighted by atomic mass is 19.1. The molecule has 5 nitrogen and oxygen atoms in total. The number of ether oxygens (including phenoxy) is 1. The van der Waals surface area contributed by atoms with Gasteiger partial charge in [-0.2, -0.15) is 0 Å². The lowest BCUT2D eigenvalue weighted by Crippen LogP contribution is -2.15. The molecule has 0 aliphatic heterocycles. The second-order valence-electron chi connectivity index (χ2n) is 4.26. The van der Waals surface area contributed by atoms with Gasteiger partial charge in [-0.15, -0.1) is 0 Å². The molecule has 106 valence electrons. The molecular weight excluding hydrogens is 249 g/mol. The molecule has 0 saturated carbocycles. The van der Waals surface area contributed by atoms with Gasteiger partial charge < -0.3 is 21.5 Å². The van der Waals surface area contributed by atoms with E-state index in [1.165, 1.54) is 6.07 Å². The molecule has 0 aliphatic carbocycles. The number of carbonyl (C=O) groups excluding carboxylic acids is 1. The molecule has 0 saturated heterocycles. The highest BCUT2D eigenvalue weighted by molar-refractivity contribution is 5.99. The number of hydrogen-bond donors (Lipinski definition) is 3. The molecule has 1 rings (SSSR count). The Hall–Kier alpha value is -1.82. The minimum Gasteiger partial charge on any atom is -0.398 e. The number of anilines is 2. The van der Waals surface area contributed by atoms with Crippen LogP contribution in [0.5, 0.6) is 0 Å². The highest BCUT2D eigenvalue weighted by Gasteiger charge is 2.11.